The van der Waals surface area contributed by atoms with E-state index in [0.29, 0.717) is 0 Å². The number of aromatic nitrogens is 1. The van der Waals surface area contributed by atoms with Gasteiger partial charge in [-0.25, -0.2) is 13.8 Å². The first-order valence-corrected chi connectivity index (χ1v) is 4.66. The molecule has 0 saturated carbocycles. The summed E-state index contributed by atoms with van der Waals surface area (Å²) in [5, 5.41) is 8.54. The second-order valence-corrected chi connectivity index (χ2v) is 3.57. The number of hydrogen-bond donors (Lipinski definition) is 2. The van der Waals surface area contributed by atoms with Crippen LogP contribution in [-0.2, 0) is 11.2 Å². The molecule has 1 heterocycles. The molecule has 0 aromatic carbocycles. The summed E-state index contributed by atoms with van der Waals surface area (Å²) in [6.45, 7) is 0. The molecule has 1 aromatic heterocycles. The average molecular weight is 281 g/mol. The number of aliphatic carboxylic acids is 1. The van der Waals surface area contributed by atoms with Crippen molar-refractivity contribution in [3.05, 3.63) is 21.8 Å². The molecule has 15 heavy (non-hydrogen) atoms. The van der Waals surface area contributed by atoms with Gasteiger partial charge in [-0.15, -0.1) is 0 Å². The molecule has 0 aliphatic carbocycles. The van der Waals surface area contributed by atoms with Crippen molar-refractivity contribution in [2.45, 2.75) is 12.8 Å². The van der Waals surface area contributed by atoms with E-state index in [-0.39, 0.29) is 22.3 Å². The largest absolute Gasteiger partial charge is 0.481 e. The van der Waals surface area contributed by atoms with Gasteiger partial charge in [0.05, 0.1) is 6.42 Å². The standard InChI is InChI=1S/C8H7BrF2N2O2/c9-6-3(2-5(14)15)1-4(12)13-7(6)8(10)11/h1,8H,2H2,(H2,12,13)(H,14,15). The summed E-state index contributed by atoms with van der Waals surface area (Å²) in [5.74, 6) is -1.24. The highest BCUT2D eigenvalue weighted by molar-refractivity contribution is 9.10. The Kier molecular flexibility index (Phi) is 3.57. The number of rotatable bonds is 3. The molecule has 0 atom stereocenters. The van der Waals surface area contributed by atoms with Gasteiger partial charge < -0.3 is 10.8 Å². The smallest absolute Gasteiger partial charge is 0.307 e. The SMILES string of the molecule is Nc1cc(CC(=O)O)c(Br)c(C(F)F)n1. The maximum Gasteiger partial charge on any atom is 0.307 e. The minimum atomic E-state index is -2.80. The Morgan fingerprint density at radius 3 is 2.73 bits per heavy atom. The molecule has 1 aromatic rings. The van der Waals surface area contributed by atoms with Crippen molar-refractivity contribution in [2.24, 2.45) is 0 Å². The first kappa shape index (κ1) is 11.8. The van der Waals surface area contributed by atoms with Crippen LogP contribution >= 0.6 is 15.9 Å². The Morgan fingerprint density at radius 2 is 2.27 bits per heavy atom. The van der Waals surface area contributed by atoms with E-state index in [1.807, 2.05) is 0 Å². The number of carbonyl (C=O) groups is 1. The van der Waals surface area contributed by atoms with Crippen LogP contribution in [0.4, 0.5) is 14.6 Å². The topological polar surface area (TPSA) is 76.2 Å². The first-order chi connectivity index (χ1) is 6.91. The summed E-state index contributed by atoms with van der Waals surface area (Å²) in [4.78, 5) is 13.9. The zero-order valence-corrected chi connectivity index (χ0v) is 8.96. The van der Waals surface area contributed by atoms with Crippen LogP contribution in [0.2, 0.25) is 0 Å². The number of pyridine rings is 1. The Labute approximate surface area is 92.2 Å². The lowest BCUT2D eigenvalue weighted by Gasteiger charge is -2.08. The van der Waals surface area contributed by atoms with Crippen LogP contribution in [0.1, 0.15) is 17.7 Å². The predicted molar refractivity (Wildman–Crippen MR) is 52.6 cm³/mol. The highest BCUT2D eigenvalue weighted by Crippen LogP contribution is 2.30. The van der Waals surface area contributed by atoms with Gasteiger partial charge in [0.15, 0.2) is 0 Å². The molecular formula is C8H7BrF2N2O2. The van der Waals surface area contributed by atoms with Gasteiger partial charge in [0, 0.05) is 4.47 Å². The number of alkyl halides is 2. The monoisotopic (exact) mass is 280 g/mol. The minimum absolute atomic E-state index is 0.00546. The molecule has 0 radical (unpaired) electrons. The third-order valence-electron chi connectivity index (χ3n) is 1.63. The van der Waals surface area contributed by atoms with Crippen molar-refractivity contribution >= 4 is 27.7 Å². The number of nitrogens with zero attached hydrogens (tertiary/aromatic N) is 1. The van der Waals surface area contributed by atoms with Crippen molar-refractivity contribution in [1.29, 1.82) is 0 Å². The van der Waals surface area contributed by atoms with Gasteiger partial charge in [-0.2, -0.15) is 0 Å². The predicted octanol–water partition coefficient (Wildman–Crippen LogP) is 1.99. The quantitative estimate of drug-likeness (QED) is 0.888. The maximum absolute atomic E-state index is 12.4. The first-order valence-electron chi connectivity index (χ1n) is 3.86. The Morgan fingerprint density at radius 1 is 1.67 bits per heavy atom. The van der Waals surface area contributed by atoms with Crippen LogP contribution in [0, 0.1) is 0 Å². The van der Waals surface area contributed by atoms with Crippen LogP contribution in [0.3, 0.4) is 0 Å². The third-order valence-corrected chi connectivity index (χ3v) is 2.54. The van der Waals surface area contributed by atoms with Gasteiger partial charge in [0.1, 0.15) is 11.5 Å². The summed E-state index contributed by atoms with van der Waals surface area (Å²) < 4.78 is 24.9. The molecule has 0 aliphatic heterocycles. The lowest BCUT2D eigenvalue weighted by atomic mass is 10.1. The van der Waals surface area contributed by atoms with E-state index < -0.39 is 18.1 Å². The zero-order valence-electron chi connectivity index (χ0n) is 7.38. The minimum Gasteiger partial charge on any atom is -0.481 e. The van der Waals surface area contributed by atoms with E-state index >= 15 is 0 Å². The molecule has 0 bridgehead atoms. The normalized spacial score (nSPS) is 10.7. The molecule has 3 N–H and O–H groups in total. The Hall–Kier alpha value is -1.24. The van der Waals surface area contributed by atoms with Gasteiger partial charge in [0.25, 0.3) is 6.43 Å². The molecule has 0 fully saturated rings. The number of nitrogen functional groups attached to an aromatic ring is 1. The summed E-state index contributed by atoms with van der Waals surface area (Å²) in [6, 6.07) is 1.25. The molecule has 7 heteroatoms. The average Bonchev–Trinajstić information content (AvgIpc) is 2.09. The van der Waals surface area contributed by atoms with Crippen molar-refractivity contribution in [2.75, 3.05) is 5.73 Å². The highest BCUT2D eigenvalue weighted by atomic mass is 79.9. The van der Waals surface area contributed by atoms with Crippen LogP contribution in [-0.4, -0.2) is 16.1 Å². The van der Waals surface area contributed by atoms with E-state index in [1.54, 1.807) is 0 Å². The van der Waals surface area contributed by atoms with Crippen LogP contribution in [0.25, 0.3) is 0 Å². The van der Waals surface area contributed by atoms with E-state index in [4.69, 9.17) is 10.8 Å². The fourth-order valence-corrected chi connectivity index (χ4v) is 1.58. The molecule has 0 amide bonds. The number of carboxylic acids is 1. The second-order valence-electron chi connectivity index (χ2n) is 2.78. The number of hydrogen-bond acceptors (Lipinski definition) is 3. The lowest BCUT2D eigenvalue weighted by molar-refractivity contribution is -0.136. The van der Waals surface area contributed by atoms with Crippen LogP contribution < -0.4 is 5.73 Å². The number of halogens is 3. The summed E-state index contributed by atoms with van der Waals surface area (Å²) in [5.41, 5.74) is 4.93. The molecule has 1 rings (SSSR count). The van der Waals surface area contributed by atoms with Gasteiger partial charge in [-0.05, 0) is 27.6 Å². The van der Waals surface area contributed by atoms with Crippen molar-refractivity contribution in [1.82, 2.24) is 4.98 Å². The van der Waals surface area contributed by atoms with Crippen molar-refractivity contribution in [3.8, 4) is 0 Å². The van der Waals surface area contributed by atoms with Gasteiger partial charge in [0.2, 0.25) is 0 Å². The fraction of sp³-hybridized carbons (Fsp3) is 0.250. The fourth-order valence-electron chi connectivity index (χ4n) is 1.06. The highest BCUT2D eigenvalue weighted by Gasteiger charge is 2.18. The molecule has 0 spiro atoms. The molecular weight excluding hydrogens is 274 g/mol. The molecule has 82 valence electrons. The van der Waals surface area contributed by atoms with E-state index in [1.165, 1.54) is 6.07 Å². The van der Waals surface area contributed by atoms with E-state index in [0.717, 1.165) is 0 Å². The summed E-state index contributed by atoms with van der Waals surface area (Å²) in [6.07, 6.45) is -3.18. The number of carboxylic acid groups (broad SMARTS) is 1. The maximum atomic E-state index is 12.4. The van der Waals surface area contributed by atoms with Gasteiger partial charge in [-0.3, -0.25) is 4.79 Å². The van der Waals surface area contributed by atoms with Gasteiger partial charge >= 0.3 is 5.97 Å². The van der Waals surface area contributed by atoms with E-state index in [9.17, 15) is 13.6 Å². The van der Waals surface area contributed by atoms with Crippen molar-refractivity contribution < 1.29 is 18.7 Å². The number of anilines is 1. The van der Waals surface area contributed by atoms with Crippen LogP contribution in [0.15, 0.2) is 10.5 Å². The Balaban J connectivity index is 3.21. The van der Waals surface area contributed by atoms with Gasteiger partial charge in [-0.1, -0.05) is 0 Å². The molecule has 0 aliphatic rings. The van der Waals surface area contributed by atoms with E-state index in [2.05, 4.69) is 20.9 Å². The van der Waals surface area contributed by atoms with Crippen molar-refractivity contribution in [3.63, 3.8) is 0 Å². The third kappa shape index (κ3) is 2.85. The summed E-state index contributed by atoms with van der Waals surface area (Å²) >= 11 is 2.88. The summed E-state index contributed by atoms with van der Waals surface area (Å²) in [7, 11) is 0. The molecule has 0 saturated heterocycles. The zero-order chi connectivity index (χ0) is 11.6. The molecule has 0 unspecified atom stereocenters. The lowest BCUT2D eigenvalue weighted by Crippen LogP contribution is -2.06. The van der Waals surface area contributed by atoms with Crippen LogP contribution in [0.5, 0.6) is 0 Å². The molecule has 4 nitrogen and oxygen atoms in total. The Bertz CT molecular complexity index is 398. The second kappa shape index (κ2) is 4.52. The number of nitrogens with two attached hydrogens (primary N) is 1.